The summed E-state index contributed by atoms with van der Waals surface area (Å²) in [6.07, 6.45) is 5.33. The van der Waals surface area contributed by atoms with Crippen molar-refractivity contribution in [3.63, 3.8) is 0 Å². The Morgan fingerprint density at radius 1 is 1.16 bits per heavy atom. The van der Waals surface area contributed by atoms with E-state index in [0.29, 0.717) is 0 Å². The van der Waals surface area contributed by atoms with Crippen molar-refractivity contribution in [1.82, 2.24) is 19.9 Å². The molecule has 0 saturated carbocycles. The van der Waals surface area contributed by atoms with Crippen LogP contribution in [0, 0.1) is 0 Å². The largest absolute Gasteiger partial charge is 0.255 e. The maximum atomic E-state index is 4.56. The lowest BCUT2D eigenvalue weighted by atomic mass is 10.2. The van der Waals surface area contributed by atoms with E-state index in [-0.39, 0.29) is 0 Å². The Labute approximate surface area is 159 Å². The molecular formula is C18H18BrN5S. The van der Waals surface area contributed by atoms with Gasteiger partial charge in [-0.05, 0) is 36.2 Å². The second-order valence-electron chi connectivity index (χ2n) is 5.37. The molecule has 3 aromatic rings. The van der Waals surface area contributed by atoms with Crippen LogP contribution in [0.5, 0.6) is 0 Å². The van der Waals surface area contributed by atoms with Gasteiger partial charge in [0.2, 0.25) is 5.16 Å². The summed E-state index contributed by atoms with van der Waals surface area (Å²) in [7, 11) is 0. The third-order valence-electron chi connectivity index (χ3n) is 3.42. The monoisotopic (exact) mass is 415 g/mol. The maximum Gasteiger partial charge on any atom is 0.212 e. The fourth-order valence-corrected chi connectivity index (χ4v) is 3.30. The molecule has 128 valence electrons. The summed E-state index contributed by atoms with van der Waals surface area (Å²) in [6, 6.07) is 14.0. The molecule has 5 nitrogen and oxygen atoms in total. The molecule has 0 aliphatic rings. The molecule has 0 atom stereocenters. The number of halogens is 1. The lowest BCUT2D eigenvalue weighted by Crippen LogP contribution is -2.00. The van der Waals surface area contributed by atoms with Crippen LogP contribution in [0.3, 0.4) is 0 Å². The van der Waals surface area contributed by atoms with Gasteiger partial charge in [-0.2, -0.15) is 9.78 Å². The van der Waals surface area contributed by atoms with Crippen LogP contribution in [0.2, 0.25) is 0 Å². The van der Waals surface area contributed by atoms with E-state index < -0.39 is 0 Å². The molecule has 25 heavy (non-hydrogen) atoms. The highest BCUT2D eigenvalue weighted by Gasteiger charge is 2.11. The van der Waals surface area contributed by atoms with Gasteiger partial charge in [0.1, 0.15) is 0 Å². The standard InChI is InChI=1S/C18H18BrN5S/c1-2-5-17-22-23-18(25-13-14-7-9-15(19)10-8-14)24(17)21-12-16-6-3-4-11-20-16/h3-4,6-12H,2,5,13H2,1H3/b21-12-. The molecule has 0 aliphatic heterocycles. The first-order valence-electron chi connectivity index (χ1n) is 8.03. The summed E-state index contributed by atoms with van der Waals surface area (Å²) in [5, 5.41) is 14.0. The number of hydrogen-bond donors (Lipinski definition) is 0. The molecule has 2 heterocycles. The summed E-state index contributed by atoms with van der Waals surface area (Å²) in [5.41, 5.74) is 2.04. The number of aryl methyl sites for hydroxylation is 1. The third kappa shape index (κ3) is 4.99. The van der Waals surface area contributed by atoms with Crippen LogP contribution in [0.4, 0.5) is 0 Å². The lowest BCUT2D eigenvalue weighted by Gasteiger charge is -2.04. The Kier molecular flexibility index (Phi) is 6.36. The Hall–Kier alpha value is -1.99. The zero-order chi connectivity index (χ0) is 17.5. The van der Waals surface area contributed by atoms with E-state index in [1.54, 1.807) is 24.2 Å². The van der Waals surface area contributed by atoms with Crippen molar-refractivity contribution < 1.29 is 0 Å². The van der Waals surface area contributed by atoms with Crippen molar-refractivity contribution in [2.75, 3.05) is 0 Å². The van der Waals surface area contributed by atoms with Gasteiger partial charge in [0.15, 0.2) is 5.82 Å². The van der Waals surface area contributed by atoms with Crippen LogP contribution in [-0.2, 0) is 12.2 Å². The second-order valence-corrected chi connectivity index (χ2v) is 7.23. The van der Waals surface area contributed by atoms with Gasteiger partial charge >= 0.3 is 0 Å². The number of pyridine rings is 1. The molecule has 0 amide bonds. The van der Waals surface area contributed by atoms with Crippen molar-refractivity contribution in [1.29, 1.82) is 0 Å². The summed E-state index contributed by atoms with van der Waals surface area (Å²) in [6.45, 7) is 2.12. The highest BCUT2D eigenvalue weighted by Crippen LogP contribution is 2.23. The van der Waals surface area contributed by atoms with Gasteiger partial charge in [-0.25, -0.2) is 0 Å². The second kappa shape index (κ2) is 8.92. The van der Waals surface area contributed by atoms with Crippen LogP contribution in [0.25, 0.3) is 0 Å². The Bertz CT molecular complexity index is 830. The van der Waals surface area contributed by atoms with Crippen molar-refractivity contribution >= 4 is 33.9 Å². The minimum absolute atomic E-state index is 0.790. The normalized spacial score (nSPS) is 11.3. The van der Waals surface area contributed by atoms with Gasteiger partial charge in [-0.1, -0.05) is 52.8 Å². The zero-order valence-electron chi connectivity index (χ0n) is 13.8. The number of aromatic nitrogens is 4. The van der Waals surface area contributed by atoms with Gasteiger partial charge in [-0.3, -0.25) is 4.98 Å². The smallest absolute Gasteiger partial charge is 0.212 e. The van der Waals surface area contributed by atoms with Crippen LogP contribution in [0.1, 0.15) is 30.4 Å². The summed E-state index contributed by atoms with van der Waals surface area (Å²) < 4.78 is 2.90. The minimum Gasteiger partial charge on any atom is -0.255 e. The van der Waals surface area contributed by atoms with Gasteiger partial charge in [0, 0.05) is 22.8 Å². The van der Waals surface area contributed by atoms with Gasteiger partial charge < -0.3 is 0 Å². The average molecular weight is 416 g/mol. The predicted octanol–water partition coefficient (Wildman–Crippen LogP) is 4.56. The summed E-state index contributed by atoms with van der Waals surface area (Å²) >= 11 is 5.09. The van der Waals surface area contributed by atoms with E-state index in [2.05, 4.69) is 55.3 Å². The molecule has 1 aromatic carbocycles. The molecular weight excluding hydrogens is 398 g/mol. The van der Waals surface area contributed by atoms with Crippen molar-refractivity contribution in [2.45, 2.75) is 30.7 Å². The molecule has 0 bridgehead atoms. The molecule has 0 aliphatic carbocycles. The molecule has 0 spiro atoms. The highest BCUT2D eigenvalue weighted by molar-refractivity contribution is 9.10. The van der Waals surface area contributed by atoms with Crippen molar-refractivity contribution in [3.8, 4) is 0 Å². The molecule has 0 saturated heterocycles. The molecule has 0 N–H and O–H groups in total. The SMILES string of the molecule is CCCc1nnc(SCc2ccc(Br)cc2)n1/N=C\c1ccccn1. The molecule has 7 heteroatoms. The fourth-order valence-electron chi connectivity index (χ4n) is 2.18. The Morgan fingerprint density at radius 3 is 2.72 bits per heavy atom. The molecule has 0 radical (unpaired) electrons. The number of rotatable bonds is 7. The molecule has 0 fully saturated rings. The third-order valence-corrected chi connectivity index (χ3v) is 4.94. The number of thioether (sulfide) groups is 1. The number of benzene rings is 1. The van der Waals surface area contributed by atoms with Gasteiger partial charge in [0.25, 0.3) is 0 Å². The van der Waals surface area contributed by atoms with Crippen LogP contribution >= 0.6 is 27.7 Å². The summed E-state index contributed by atoms with van der Waals surface area (Å²) in [4.78, 5) is 4.27. The summed E-state index contributed by atoms with van der Waals surface area (Å²) in [5.74, 6) is 1.68. The van der Waals surface area contributed by atoms with Crippen LogP contribution < -0.4 is 0 Å². The maximum absolute atomic E-state index is 4.56. The van der Waals surface area contributed by atoms with Crippen LogP contribution in [-0.4, -0.2) is 26.1 Å². The van der Waals surface area contributed by atoms with E-state index in [1.807, 2.05) is 35.0 Å². The zero-order valence-corrected chi connectivity index (χ0v) is 16.2. The van der Waals surface area contributed by atoms with E-state index >= 15 is 0 Å². The first-order chi connectivity index (χ1) is 12.3. The van der Waals surface area contributed by atoms with Gasteiger partial charge in [-0.15, -0.1) is 10.2 Å². The topological polar surface area (TPSA) is 56.0 Å². The highest BCUT2D eigenvalue weighted by atomic mass is 79.9. The van der Waals surface area contributed by atoms with Crippen molar-refractivity contribution in [2.24, 2.45) is 5.10 Å². The van der Waals surface area contributed by atoms with Gasteiger partial charge in [0.05, 0.1) is 11.9 Å². The first-order valence-corrected chi connectivity index (χ1v) is 9.81. The number of nitrogens with zero attached hydrogens (tertiary/aromatic N) is 5. The number of hydrogen-bond acceptors (Lipinski definition) is 5. The van der Waals surface area contributed by atoms with Crippen molar-refractivity contribution in [3.05, 3.63) is 70.2 Å². The van der Waals surface area contributed by atoms with E-state index in [1.165, 1.54) is 5.56 Å². The van der Waals surface area contributed by atoms with E-state index in [0.717, 1.165) is 39.7 Å². The predicted molar refractivity (Wildman–Crippen MR) is 105 cm³/mol. The molecule has 3 rings (SSSR count). The molecule has 2 aromatic heterocycles. The fraction of sp³-hybridized carbons (Fsp3) is 0.222. The van der Waals surface area contributed by atoms with E-state index in [4.69, 9.17) is 0 Å². The molecule has 0 unspecified atom stereocenters. The minimum atomic E-state index is 0.790. The lowest BCUT2D eigenvalue weighted by molar-refractivity contribution is 0.699. The quantitative estimate of drug-likeness (QED) is 0.419. The van der Waals surface area contributed by atoms with E-state index in [9.17, 15) is 0 Å². The first kappa shape index (κ1) is 17.8. The van der Waals surface area contributed by atoms with Crippen LogP contribution in [0.15, 0.2) is 63.4 Å². The Balaban J connectivity index is 1.78. The Morgan fingerprint density at radius 2 is 2.00 bits per heavy atom. The average Bonchev–Trinajstić information content (AvgIpc) is 3.02.